The highest BCUT2D eigenvalue weighted by molar-refractivity contribution is 6.71. The summed E-state index contributed by atoms with van der Waals surface area (Å²) >= 11 is 0. The molecule has 0 aromatic heterocycles. The number of hydrogen-bond donors (Lipinski definition) is 0. The van der Waals surface area contributed by atoms with Crippen LogP contribution in [0.5, 0.6) is 0 Å². The molecule has 378 valence electrons. The Morgan fingerprint density at radius 2 is 0.825 bits per heavy atom. The molecule has 1 saturated heterocycles. The zero-order valence-corrected chi connectivity index (χ0v) is 46.7. The molecule has 0 aromatic carbocycles. The van der Waals surface area contributed by atoms with Gasteiger partial charge in [-0.1, -0.05) is 182 Å². The molecule has 1 rings (SSSR count). The summed E-state index contributed by atoms with van der Waals surface area (Å²) in [5.74, 6) is 0. The lowest BCUT2D eigenvalue weighted by atomic mass is 10.1. The van der Waals surface area contributed by atoms with Gasteiger partial charge in [0, 0.05) is 19.3 Å². The zero-order chi connectivity index (χ0) is 46.1. The molecule has 0 aromatic rings. The number of nitrogens with zero attached hydrogens (tertiary/aromatic N) is 2. The third-order valence-electron chi connectivity index (χ3n) is 14.0. The Morgan fingerprint density at radius 1 is 0.460 bits per heavy atom. The van der Waals surface area contributed by atoms with E-state index in [1.807, 2.05) is 0 Å². The highest BCUT2D eigenvalue weighted by Gasteiger charge is 2.28. The number of unbranched alkanes of at least 4 members (excludes halogenated alkanes) is 24. The van der Waals surface area contributed by atoms with E-state index in [2.05, 4.69) is 70.7 Å². The Bertz CT molecular complexity index is 896. The van der Waals surface area contributed by atoms with Crippen molar-refractivity contribution in [3.05, 3.63) is 0 Å². The van der Waals surface area contributed by atoms with Gasteiger partial charge in [0.2, 0.25) is 0 Å². The third kappa shape index (κ3) is 37.8. The molecule has 6 nitrogen and oxygen atoms in total. The molecular formula is C55H116N2O4Si2. The van der Waals surface area contributed by atoms with E-state index >= 15 is 0 Å². The molecule has 1 aliphatic heterocycles. The van der Waals surface area contributed by atoms with Crippen molar-refractivity contribution in [2.24, 2.45) is 0 Å². The van der Waals surface area contributed by atoms with E-state index in [1.54, 1.807) is 0 Å². The molecule has 3 atom stereocenters. The minimum absolute atomic E-state index is 0.00719. The predicted octanol–water partition coefficient (Wildman–Crippen LogP) is 17.5. The van der Waals surface area contributed by atoms with Gasteiger partial charge in [-0.05, 0) is 142 Å². The summed E-state index contributed by atoms with van der Waals surface area (Å²) in [6, 6.07) is 3.32. The third-order valence-corrected chi connectivity index (χ3v) is 19.0. The van der Waals surface area contributed by atoms with Crippen molar-refractivity contribution in [3.8, 4) is 0 Å². The van der Waals surface area contributed by atoms with E-state index in [-0.39, 0.29) is 12.6 Å². The summed E-state index contributed by atoms with van der Waals surface area (Å²) in [7, 11) is -1.10. The van der Waals surface area contributed by atoms with Crippen molar-refractivity contribution in [1.29, 1.82) is 0 Å². The van der Waals surface area contributed by atoms with Crippen LogP contribution in [0.2, 0.25) is 38.3 Å². The maximum Gasteiger partial charge on any atom is 0.190 e. The Kier molecular flexibility index (Phi) is 41.1. The molecule has 1 fully saturated rings. The highest BCUT2D eigenvalue weighted by Crippen LogP contribution is 2.25. The fraction of sp³-hybridized carbons (Fsp3) is 1.00. The van der Waals surface area contributed by atoms with Crippen LogP contribution < -0.4 is 0 Å². The second-order valence-corrected chi connectivity index (χ2v) is 30.0. The first kappa shape index (κ1) is 61.2. The summed E-state index contributed by atoms with van der Waals surface area (Å²) in [6.45, 7) is 25.7. The van der Waals surface area contributed by atoms with Crippen molar-refractivity contribution in [1.82, 2.24) is 9.80 Å². The van der Waals surface area contributed by atoms with Crippen LogP contribution >= 0.6 is 0 Å². The van der Waals surface area contributed by atoms with Gasteiger partial charge in [-0.15, -0.1) is 0 Å². The van der Waals surface area contributed by atoms with Gasteiger partial charge >= 0.3 is 0 Å². The lowest BCUT2D eigenvalue weighted by molar-refractivity contribution is -0.0929. The summed E-state index contributed by atoms with van der Waals surface area (Å²) in [5, 5.41) is 0. The van der Waals surface area contributed by atoms with Crippen molar-refractivity contribution >= 4 is 16.6 Å². The van der Waals surface area contributed by atoms with Crippen LogP contribution in [0.25, 0.3) is 0 Å². The van der Waals surface area contributed by atoms with Gasteiger partial charge in [-0.3, -0.25) is 0 Å². The van der Waals surface area contributed by atoms with E-state index < -0.39 is 16.6 Å². The van der Waals surface area contributed by atoms with E-state index in [0.717, 1.165) is 44.9 Å². The molecule has 1 aliphatic rings. The number of hydrogen-bond acceptors (Lipinski definition) is 6. The minimum Gasteiger partial charge on any atom is -0.393 e. The summed E-state index contributed by atoms with van der Waals surface area (Å²) in [5.41, 5.74) is 0. The number of likely N-dealkylation sites (tertiary alicyclic amines) is 1. The summed E-state index contributed by atoms with van der Waals surface area (Å²) < 4.78 is 26.8. The normalized spacial score (nSPS) is 16.2. The smallest absolute Gasteiger partial charge is 0.190 e. The van der Waals surface area contributed by atoms with Crippen LogP contribution in [0.1, 0.15) is 252 Å². The Hall–Kier alpha value is 0.194. The Labute approximate surface area is 398 Å². The molecule has 0 aliphatic carbocycles. The van der Waals surface area contributed by atoms with Gasteiger partial charge < -0.3 is 28.1 Å². The molecule has 0 spiro atoms. The average Bonchev–Trinajstić information content (AvgIpc) is 3.67. The van der Waals surface area contributed by atoms with Crippen molar-refractivity contribution in [3.63, 3.8) is 0 Å². The summed E-state index contributed by atoms with van der Waals surface area (Å²) in [4.78, 5) is 5.43. The van der Waals surface area contributed by atoms with Gasteiger partial charge in [0.25, 0.3) is 0 Å². The van der Waals surface area contributed by atoms with Gasteiger partial charge in [0.15, 0.2) is 16.6 Å². The van der Waals surface area contributed by atoms with Crippen LogP contribution in [0.15, 0.2) is 0 Å². The van der Waals surface area contributed by atoms with Crippen LogP contribution in [0, 0.1) is 0 Å². The first-order valence-electron chi connectivity index (χ1n) is 28.6. The topological polar surface area (TPSA) is 43.4 Å². The maximum absolute atomic E-state index is 6.85. The maximum atomic E-state index is 6.85. The molecule has 1 heterocycles. The first-order valence-corrected chi connectivity index (χ1v) is 34.8. The minimum atomic E-state index is -1.72. The van der Waals surface area contributed by atoms with E-state index in [1.165, 1.54) is 237 Å². The van der Waals surface area contributed by atoms with Gasteiger partial charge in [0.05, 0.1) is 0 Å². The number of ether oxygens (including phenoxy) is 2. The van der Waals surface area contributed by atoms with Crippen LogP contribution in [-0.4, -0.2) is 91.5 Å². The van der Waals surface area contributed by atoms with Crippen LogP contribution in [-0.2, 0) is 18.3 Å². The van der Waals surface area contributed by atoms with Crippen LogP contribution in [0.4, 0.5) is 0 Å². The fourth-order valence-electron chi connectivity index (χ4n) is 9.70. The quantitative estimate of drug-likeness (QED) is 0.0344. The molecule has 0 amide bonds. The second-order valence-electron chi connectivity index (χ2n) is 21.5. The molecule has 0 bridgehead atoms. The standard InChI is InChI=1S/C55H116N2O4Si2/c1-10-14-18-22-30-38-51-62(6,7)60-54(42-32-24-20-16-12-3)58-49-36-28-26-34-46-57(48-44-53-41-40-45-56(53)5)47-35-27-29-37-50-59-55(43-33-25-21-17-13-4)61-63(8,9)52-39-31-23-19-15-11-2/h53-55H,10-52H2,1-9H3. The van der Waals surface area contributed by atoms with Gasteiger partial charge in [-0.25, -0.2) is 0 Å². The Balaban J connectivity index is 2.51. The first-order chi connectivity index (χ1) is 30.6. The fourth-order valence-corrected chi connectivity index (χ4v) is 13.9. The largest absolute Gasteiger partial charge is 0.393 e. The second kappa shape index (κ2) is 42.3. The van der Waals surface area contributed by atoms with E-state index in [9.17, 15) is 0 Å². The Morgan fingerprint density at radius 3 is 1.22 bits per heavy atom. The highest BCUT2D eigenvalue weighted by atomic mass is 28.4. The van der Waals surface area contributed by atoms with E-state index in [4.69, 9.17) is 18.3 Å². The van der Waals surface area contributed by atoms with Gasteiger partial charge in [-0.2, -0.15) is 0 Å². The summed E-state index contributed by atoms with van der Waals surface area (Å²) in [6.07, 6.45) is 45.8. The lowest BCUT2D eigenvalue weighted by Crippen LogP contribution is -2.37. The van der Waals surface area contributed by atoms with Crippen molar-refractivity contribution in [2.75, 3.05) is 46.4 Å². The molecule has 63 heavy (non-hydrogen) atoms. The molecular weight excluding hydrogens is 809 g/mol. The molecule has 8 heteroatoms. The van der Waals surface area contributed by atoms with Crippen molar-refractivity contribution in [2.45, 2.75) is 309 Å². The zero-order valence-electron chi connectivity index (χ0n) is 44.7. The number of rotatable bonds is 49. The van der Waals surface area contributed by atoms with Crippen LogP contribution in [0.3, 0.4) is 0 Å². The van der Waals surface area contributed by atoms with E-state index in [0.29, 0.717) is 0 Å². The molecule has 0 saturated carbocycles. The average molecular weight is 926 g/mol. The molecule has 0 N–H and O–H groups in total. The molecule has 3 unspecified atom stereocenters. The van der Waals surface area contributed by atoms with Gasteiger partial charge in [0.1, 0.15) is 12.6 Å². The monoisotopic (exact) mass is 925 g/mol. The molecule has 0 radical (unpaired) electrons. The SMILES string of the molecule is CCCCCCCC[Si](C)(C)OC(CCCCCCC)OCCCCCCN(CCCCCCOC(CCCCCCC)O[Si](C)(C)CCCCCCCC)CCC1CCCN1C. The van der Waals surface area contributed by atoms with Crippen molar-refractivity contribution < 1.29 is 18.3 Å². The lowest BCUT2D eigenvalue weighted by Gasteiger charge is -2.30. The predicted molar refractivity (Wildman–Crippen MR) is 283 cm³/mol.